The van der Waals surface area contributed by atoms with Gasteiger partial charge in [0, 0.05) is 19.6 Å². The fourth-order valence-corrected chi connectivity index (χ4v) is 3.43. The Morgan fingerprint density at radius 3 is 2.96 bits per heavy atom. The maximum Gasteiger partial charge on any atom is 0.256 e. The third-order valence-electron chi connectivity index (χ3n) is 5.06. The highest BCUT2D eigenvalue weighted by Gasteiger charge is 2.31. The number of rotatable bonds is 4. The molecular weight excluding hydrogens is 323 g/mol. The molecule has 1 saturated heterocycles. The van der Waals surface area contributed by atoms with E-state index in [9.17, 15) is 14.0 Å². The van der Waals surface area contributed by atoms with Crippen molar-refractivity contribution in [3.63, 3.8) is 0 Å². The number of likely N-dealkylation sites (tertiary alicyclic amines) is 1. The van der Waals surface area contributed by atoms with E-state index in [0.717, 1.165) is 19.4 Å². The van der Waals surface area contributed by atoms with Crippen molar-refractivity contribution in [3.8, 4) is 0 Å². The Morgan fingerprint density at radius 2 is 2.16 bits per heavy atom. The fraction of sp³-hybridized carbons (Fsp3) is 0.500. The van der Waals surface area contributed by atoms with Crippen LogP contribution in [0.15, 0.2) is 18.5 Å². The van der Waals surface area contributed by atoms with Crippen LogP contribution < -0.4 is 5.32 Å². The molecule has 2 aromatic rings. The Labute approximate surface area is 144 Å². The van der Waals surface area contributed by atoms with Crippen molar-refractivity contribution in [2.75, 3.05) is 19.6 Å². The molecule has 1 aromatic carbocycles. The SMILES string of the molecule is O=C(NCC1CC1)[C@@H]1CCCN(C(=O)c2cc(F)cc3[nH]cnc23)C1. The first kappa shape index (κ1) is 16.1. The molecule has 2 aliphatic rings. The smallest absolute Gasteiger partial charge is 0.256 e. The number of nitrogens with one attached hydrogen (secondary N) is 2. The number of hydrogen-bond donors (Lipinski definition) is 2. The van der Waals surface area contributed by atoms with Crippen LogP contribution in [0.3, 0.4) is 0 Å². The molecule has 2 N–H and O–H groups in total. The number of nitrogens with zero attached hydrogens (tertiary/aromatic N) is 2. The minimum absolute atomic E-state index is 0.0218. The standard InChI is InChI=1S/C18H21FN4O2/c19-13-6-14(16-15(7-13)21-10-22-16)18(25)23-5-1-2-12(9-23)17(24)20-8-11-3-4-11/h6-7,10-12H,1-5,8-9H2,(H,20,24)(H,21,22)/t12-/m1/s1. The van der Waals surface area contributed by atoms with Gasteiger partial charge < -0.3 is 15.2 Å². The lowest BCUT2D eigenvalue weighted by Gasteiger charge is -2.32. The number of hydrogen-bond acceptors (Lipinski definition) is 3. The summed E-state index contributed by atoms with van der Waals surface area (Å²) in [6, 6.07) is 2.55. The summed E-state index contributed by atoms with van der Waals surface area (Å²) in [4.78, 5) is 33.8. The number of halogens is 1. The summed E-state index contributed by atoms with van der Waals surface area (Å²) in [5.74, 6) is -0.286. The third-order valence-corrected chi connectivity index (χ3v) is 5.06. The van der Waals surface area contributed by atoms with Gasteiger partial charge in [0.25, 0.3) is 5.91 Å². The summed E-state index contributed by atoms with van der Waals surface area (Å²) in [5, 5.41) is 2.99. The van der Waals surface area contributed by atoms with Gasteiger partial charge in [0.05, 0.1) is 23.3 Å². The van der Waals surface area contributed by atoms with Gasteiger partial charge in [-0.3, -0.25) is 9.59 Å². The molecule has 132 valence electrons. The zero-order valence-corrected chi connectivity index (χ0v) is 13.9. The molecule has 1 atom stereocenters. The van der Waals surface area contributed by atoms with E-state index in [-0.39, 0.29) is 23.3 Å². The molecule has 0 bridgehead atoms. The van der Waals surface area contributed by atoms with Crippen LogP contribution in [0.25, 0.3) is 11.0 Å². The maximum absolute atomic E-state index is 13.8. The number of imidazole rings is 1. The highest BCUT2D eigenvalue weighted by Crippen LogP contribution is 2.28. The van der Waals surface area contributed by atoms with Crippen LogP contribution in [0.5, 0.6) is 0 Å². The van der Waals surface area contributed by atoms with Crippen molar-refractivity contribution < 1.29 is 14.0 Å². The molecule has 25 heavy (non-hydrogen) atoms. The van der Waals surface area contributed by atoms with Gasteiger partial charge in [-0.25, -0.2) is 9.37 Å². The minimum atomic E-state index is -0.476. The van der Waals surface area contributed by atoms with Crippen molar-refractivity contribution in [2.45, 2.75) is 25.7 Å². The maximum atomic E-state index is 13.8. The van der Waals surface area contributed by atoms with Crippen LogP contribution in [0.2, 0.25) is 0 Å². The zero-order valence-electron chi connectivity index (χ0n) is 13.9. The van der Waals surface area contributed by atoms with Gasteiger partial charge in [-0.2, -0.15) is 0 Å². The highest BCUT2D eigenvalue weighted by molar-refractivity contribution is 6.05. The molecule has 7 heteroatoms. The quantitative estimate of drug-likeness (QED) is 0.891. The minimum Gasteiger partial charge on any atom is -0.356 e. The Balaban J connectivity index is 1.49. The molecule has 6 nitrogen and oxygen atoms in total. The largest absolute Gasteiger partial charge is 0.356 e. The van der Waals surface area contributed by atoms with E-state index in [1.807, 2.05) is 0 Å². The van der Waals surface area contributed by atoms with Crippen LogP contribution in [0.4, 0.5) is 4.39 Å². The van der Waals surface area contributed by atoms with Crippen molar-refractivity contribution in [3.05, 3.63) is 29.8 Å². The molecular formula is C18H21FN4O2. The molecule has 2 amide bonds. The second-order valence-electron chi connectivity index (χ2n) is 7.03. The van der Waals surface area contributed by atoms with E-state index >= 15 is 0 Å². The number of amides is 2. The van der Waals surface area contributed by atoms with Crippen LogP contribution in [0.1, 0.15) is 36.0 Å². The number of aromatic amines is 1. The molecule has 1 aliphatic carbocycles. The molecule has 4 rings (SSSR count). The number of carbonyl (C=O) groups is 2. The predicted octanol–water partition coefficient (Wildman–Crippen LogP) is 2.08. The molecule has 0 radical (unpaired) electrons. The van der Waals surface area contributed by atoms with Gasteiger partial charge in [0.15, 0.2) is 0 Å². The van der Waals surface area contributed by atoms with E-state index < -0.39 is 5.82 Å². The van der Waals surface area contributed by atoms with Crippen LogP contribution in [-0.4, -0.2) is 46.3 Å². The van der Waals surface area contributed by atoms with E-state index in [1.165, 1.54) is 31.3 Å². The van der Waals surface area contributed by atoms with E-state index in [2.05, 4.69) is 15.3 Å². The van der Waals surface area contributed by atoms with Gasteiger partial charge in [0.2, 0.25) is 5.91 Å². The summed E-state index contributed by atoms with van der Waals surface area (Å²) in [6.45, 7) is 1.69. The Morgan fingerprint density at radius 1 is 1.32 bits per heavy atom. The van der Waals surface area contributed by atoms with Crippen LogP contribution in [-0.2, 0) is 4.79 Å². The summed E-state index contributed by atoms with van der Waals surface area (Å²) in [6.07, 6.45) is 5.38. The topological polar surface area (TPSA) is 78.1 Å². The average Bonchev–Trinajstić information content (AvgIpc) is 3.34. The Kier molecular flexibility index (Phi) is 4.15. The number of piperidine rings is 1. The zero-order chi connectivity index (χ0) is 17.4. The summed E-state index contributed by atoms with van der Waals surface area (Å²) in [5.41, 5.74) is 1.21. The van der Waals surface area contributed by atoms with Gasteiger partial charge in [-0.15, -0.1) is 0 Å². The highest BCUT2D eigenvalue weighted by atomic mass is 19.1. The van der Waals surface area contributed by atoms with Crippen LogP contribution in [0, 0.1) is 17.7 Å². The van der Waals surface area contributed by atoms with Crippen molar-refractivity contribution >= 4 is 22.8 Å². The Hall–Kier alpha value is -2.44. The van der Waals surface area contributed by atoms with Crippen molar-refractivity contribution in [1.29, 1.82) is 0 Å². The second kappa shape index (κ2) is 6.46. The van der Waals surface area contributed by atoms with Gasteiger partial charge in [-0.05, 0) is 43.7 Å². The number of fused-ring (bicyclic) bond motifs is 1. The van der Waals surface area contributed by atoms with E-state index in [0.29, 0.717) is 30.0 Å². The normalized spacial score (nSPS) is 20.7. The molecule has 1 aromatic heterocycles. The number of aromatic nitrogens is 2. The summed E-state index contributed by atoms with van der Waals surface area (Å²) >= 11 is 0. The van der Waals surface area contributed by atoms with Crippen molar-refractivity contribution in [1.82, 2.24) is 20.2 Å². The van der Waals surface area contributed by atoms with E-state index in [4.69, 9.17) is 0 Å². The lowest BCUT2D eigenvalue weighted by Crippen LogP contribution is -2.45. The fourth-order valence-electron chi connectivity index (χ4n) is 3.43. The predicted molar refractivity (Wildman–Crippen MR) is 90.4 cm³/mol. The lowest BCUT2D eigenvalue weighted by atomic mass is 9.96. The van der Waals surface area contributed by atoms with Gasteiger partial charge in [0.1, 0.15) is 11.3 Å². The monoisotopic (exact) mass is 344 g/mol. The molecule has 2 fully saturated rings. The molecule has 0 spiro atoms. The molecule has 2 heterocycles. The number of benzene rings is 1. The van der Waals surface area contributed by atoms with E-state index in [1.54, 1.807) is 4.90 Å². The number of carbonyl (C=O) groups excluding carboxylic acids is 2. The lowest BCUT2D eigenvalue weighted by molar-refractivity contribution is -0.126. The number of H-pyrrole nitrogens is 1. The molecule has 0 unspecified atom stereocenters. The summed E-state index contributed by atoms with van der Waals surface area (Å²) < 4.78 is 13.8. The molecule has 1 saturated carbocycles. The second-order valence-corrected chi connectivity index (χ2v) is 7.03. The van der Waals surface area contributed by atoms with Crippen LogP contribution >= 0.6 is 0 Å². The summed E-state index contributed by atoms with van der Waals surface area (Å²) in [7, 11) is 0. The van der Waals surface area contributed by atoms with Gasteiger partial charge >= 0.3 is 0 Å². The first-order valence-electron chi connectivity index (χ1n) is 8.81. The average molecular weight is 344 g/mol. The first-order chi connectivity index (χ1) is 12.1. The van der Waals surface area contributed by atoms with Gasteiger partial charge in [-0.1, -0.05) is 0 Å². The first-order valence-corrected chi connectivity index (χ1v) is 8.81. The molecule has 1 aliphatic heterocycles. The third kappa shape index (κ3) is 3.36. The van der Waals surface area contributed by atoms with Crippen molar-refractivity contribution in [2.24, 2.45) is 11.8 Å². The Bertz CT molecular complexity index is 815.